The third kappa shape index (κ3) is 3.94. The summed E-state index contributed by atoms with van der Waals surface area (Å²) < 4.78 is 8.53. The summed E-state index contributed by atoms with van der Waals surface area (Å²) in [5.74, 6) is -0.271. The van der Waals surface area contributed by atoms with E-state index in [1.54, 1.807) is 0 Å². The normalized spacial score (nSPS) is 15.6. The molecule has 6 nitrogen and oxygen atoms in total. The van der Waals surface area contributed by atoms with Crippen LogP contribution in [0, 0.1) is 0 Å². The fraction of sp³-hybridized carbons (Fsp3) is 1.00. The third-order valence-corrected chi connectivity index (χ3v) is 21.2. The van der Waals surface area contributed by atoms with Crippen molar-refractivity contribution in [1.82, 2.24) is 24.1 Å². The first-order valence-electron chi connectivity index (χ1n) is 8.97. The molecule has 0 aromatic carbocycles. The van der Waals surface area contributed by atoms with Gasteiger partial charge in [-0.1, -0.05) is 0 Å². The Kier molecular flexibility index (Phi) is 9.70. The average Bonchev–Trinajstić information content (AvgIpc) is 2.37. The zero-order valence-corrected chi connectivity index (χ0v) is 21.5. The van der Waals surface area contributed by atoms with Crippen LogP contribution in [0.2, 0.25) is 3.93 Å². The summed E-state index contributed by atoms with van der Waals surface area (Å²) in [5, 5.41) is 0. The summed E-state index contributed by atoms with van der Waals surface area (Å²) >= 11 is -3.10. The van der Waals surface area contributed by atoms with Crippen LogP contribution in [0.3, 0.4) is 0 Å². The molecule has 0 N–H and O–H groups in total. The molecule has 7 heteroatoms. The Morgan fingerprint density at radius 1 is 0.708 bits per heavy atom. The summed E-state index contributed by atoms with van der Waals surface area (Å²) in [6, 6.07) is 0. The SMILES string of the molecule is CCC[CH](C)[Sn]([N](C)C)([N](C)C)[N](C)C(N(C)C)(N(C)C)N(C)C. The van der Waals surface area contributed by atoms with E-state index in [1.165, 1.54) is 12.8 Å². The van der Waals surface area contributed by atoms with Crippen molar-refractivity contribution >= 4 is 19.2 Å². The fourth-order valence-electron chi connectivity index (χ4n) is 5.16. The standard InChI is InChI=1S/C8H21N4.C5H11.2C2H6N.Sn/c1-9-8(10(2)3,11(4)5)12(6)7;1-3-5-4-2;2*1-3-2;/h1-7H3;3H,4-5H2,1-2H3;2*1-2H3;/q-1;;2*-1;+3. The topological polar surface area (TPSA) is 19.4 Å². The molecule has 146 valence electrons. The van der Waals surface area contributed by atoms with E-state index in [4.69, 9.17) is 0 Å². The van der Waals surface area contributed by atoms with Crippen LogP contribution in [0.15, 0.2) is 0 Å². The van der Waals surface area contributed by atoms with E-state index in [0.29, 0.717) is 3.93 Å². The number of hydrogen-bond donors (Lipinski definition) is 0. The van der Waals surface area contributed by atoms with Crippen LogP contribution < -0.4 is 0 Å². The van der Waals surface area contributed by atoms with Gasteiger partial charge in [0.15, 0.2) is 0 Å². The van der Waals surface area contributed by atoms with E-state index >= 15 is 0 Å². The number of nitrogens with zero attached hydrogens (tertiary/aromatic N) is 6. The monoisotopic (exact) mass is 452 g/mol. The molecule has 0 aliphatic carbocycles. The molecular weight excluding hydrogens is 407 g/mol. The van der Waals surface area contributed by atoms with Crippen LogP contribution in [0.4, 0.5) is 0 Å². The molecule has 0 aromatic heterocycles. The van der Waals surface area contributed by atoms with Gasteiger partial charge in [-0.3, -0.25) is 0 Å². The van der Waals surface area contributed by atoms with Crippen molar-refractivity contribution in [1.29, 1.82) is 0 Å². The Morgan fingerprint density at radius 2 is 1.04 bits per heavy atom. The second-order valence-corrected chi connectivity index (χ2v) is 21.8. The molecule has 1 atom stereocenters. The van der Waals surface area contributed by atoms with Gasteiger partial charge in [-0.05, 0) is 0 Å². The first-order valence-corrected chi connectivity index (χ1v) is 14.4. The summed E-state index contributed by atoms with van der Waals surface area (Å²) in [6.45, 7) is 4.76. The van der Waals surface area contributed by atoms with E-state index < -0.39 is 19.2 Å². The molecule has 0 bridgehead atoms. The van der Waals surface area contributed by atoms with Gasteiger partial charge >= 0.3 is 157 Å². The maximum absolute atomic E-state index is 3.10. The number of hydrogen-bond acceptors (Lipinski definition) is 6. The molecule has 0 saturated heterocycles. The quantitative estimate of drug-likeness (QED) is 0.368. The predicted molar refractivity (Wildman–Crippen MR) is 109 cm³/mol. The molecule has 1 unspecified atom stereocenters. The Labute approximate surface area is 157 Å². The van der Waals surface area contributed by atoms with Gasteiger partial charge in [0.2, 0.25) is 0 Å². The summed E-state index contributed by atoms with van der Waals surface area (Å²) in [4.78, 5) is 7.01. The Morgan fingerprint density at radius 3 is 1.25 bits per heavy atom. The molecule has 0 aromatic rings. The van der Waals surface area contributed by atoms with Crippen LogP contribution in [0.1, 0.15) is 26.7 Å². The second-order valence-electron chi connectivity index (χ2n) is 8.01. The molecule has 0 spiro atoms. The van der Waals surface area contributed by atoms with Gasteiger partial charge in [-0.25, -0.2) is 0 Å². The summed E-state index contributed by atoms with van der Waals surface area (Å²) in [6.07, 6.45) is 2.50. The van der Waals surface area contributed by atoms with Crippen molar-refractivity contribution in [3.8, 4) is 0 Å². The van der Waals surface area contributed by atoms with Crippen molar-refractivity contribution in [3.05, 3.63) is 0 Å². The minimum absolute atomic E-state index is 0.271. The van der Waals surface area contributed by atoms with E-state index in [-0.39, 0.29) is 5.91 Å². The molecule has 0 radical (unpaired) electrons. The molecule has 0 fully saturated rings. The van der Waals surface area contributed by atoms with Crippen LogP contribution in [-0.2, 0) is 0 Å². The second kappa shape index (κ2) is 9.48. The molecule has 24 heavy (non-hydrogen) atoms. The molecule has 0 heterocycles. The van der Waals surface area contributed by atoms with Crippen molar-refractivity contribution in [2.45, 2.75) is 36.5 Å². The van der Waals surface area contributed by atoms with Crippen molar-refractivity contribution in [2.75, 3.05) is 77.5 Å². The molecule has 0 aliphatic heterocycles. The maximum atomic E-state index is 2.71. The van der Waals surface area contributed by atoms with Gasteiger partial charge in [-0.15, -0.1) is 0 Å². The van der Waals surface area contributed by atoms with Gasteiger partial charge in [0.1, 0.15) is 0 Å². The van der Waals surface area contributed by atoms with Gasteiger partial charge in [-0.2, -0.15) is 0 Å². The van der Waals surface area contributed by atoms with Gasteiger partial charge < -0.3 is 0 Å². The van der Waals surface area contributed by atoms with Crippen LogP contribution in [0.25, 0.3) is 0 Å². The Bertz CT molecular complexity index is 340. The predicted octanol–water partition coefficient (Wildman–Crippen LogP) is 1.47. The van der Waals surface area contributed by atoms with Crippen LogP contribution in [0.5, 0.6) is 0 Å². The van der Waals surface area contributed by atoms with Crippen LogP contribution in [-0.4, -0.2) is 127 Å². The molecule has 0 saturated carbocycles. The van der Waals surface area contributed by atoms with E-state index in [1.807, 2.05) is 0 Å². The fourth-order valence-corrected chi connectivity index (χ4v) is 22.7. The van der Waals surface area contributed by atoms with Crippen molar-refractivity contribution < 1.29 is 0 Å². The van der Waals surface area contributed by atoms with Gasteiger partial charge in [0.25, 0.3) is 0 Å². The van der Waals surface area contributed by atoms with Gasteiger partial charge in [0, 0.05) is 0 Å². The molecule has 0 aliphatic rings. The molecule has 0 rings (SSSR count). The first-order chi connectivity index (χ1) is 10.9. The zero-order valence-electron chi connectivity index (χ0n) is 18.7. The van der Waals surface area contributed by atoms with E-state index in [9.17, 15) is 0 Å². The third-order valence-electron chi connectivity index (χ3n) is 5.44. The van der Waals surface area contributed by atoms with Crippen molar-refractivity contribution in [2.24, 2.45) is 0 Å². The van der Waals surface area contributed by atoms with E-state index in [0.717, 1.165) is 0 Å². The summed E-state index contributed by atoms with van der Waals surface area (Å²) in [5.41, 5.74) is 0. The van der Waals surface area contributed by atoms with Crippen LogP contribution >= 0.6 is 0 Å². The molecular formula is C17H44N6Sn. The van der Waals surface area contributed by atoms with Gasteiger partial charge in [0.05, 0.1) is 0 Å². The number of rotatable bonds is 10. The zero-order chi connectivity index (χ0) is 19.5. The Hall–Kier alpha value is 0.559. The van der Waals surface area contributed by atoms with E-state index in [2.05, 4.69) is 115 Å². The average molecular weight is 451 g/mol. The minimum atomic E-state index is -3.10. The first kappa shape index (κ1) is 24.6. The summed E-state index contributed by atoms with van der Waals surface area (Å²) in [7, 11) is 24.6. The molecule has 0 amide bonds. The van der Waals surface area contributed by atoms with Crippen molar-refractivity contribution in [3.63, 3.8) is 0 Å². The Balaban J connectivity index is 6.55.